The van der Waals surface area contributed by atoms with E-state index < -0.39 is 21.6 Å². The van der Waals surface area contributed by atoms with Gasteiger partial charge in [0.25, 0.3) is 0 Å². The number of nitrogens with one attached hydrogen (secondary N) is 1. The van der Waals surface area contributed by atoms with Gasteiger partial charge in [-0.2, -0.15) is 0 Å². The van der Waals surface area contributed by atoms with Crippen molar-refractivity contribution in [1.29, 1.82) is 0 Å². The molecular weight excluding hydrogens is 253 g/mol. The molecule has 0 fully saturated rings. The van der Waals surface area contributed by atoms with Crippen molar-refractivity contribution < 1.29 is 12.8 Å². The van der Waals surface area contributed by atoms with E-state index >= 15 is 0 Å². The summed E-state index contributed by atoms with van der Waals surface area (Å²) in [7, 11) is -3.59. The molecule has 0 unspecified atom stereocenters. The van der Waals surface area contributed by atoms with E-state index in [9.17, 15) is 12.8 Å². The molecule has 16 heavy (non-hydrogen) atoms. The predicted octanol–water partition coefficient (Wildman–Crippen LogP) is 2.08. The van der Waals surface area contributed by atoms with Crippen LogP contribution in [-0.2, 0) is 15.8 Å². The summed E-state index contributed by atoms with van der Waals surface area (Å²) < 4.78 is 38.5. The molecule has 0 heterocycles. The van der Waals surface area contributed by atoms with Crippen LogP contribution < -0.4 is 4.72 Å². The van der Waals surface area contributed by atoms with E-state index in [0.717, 1.165) is 0 Å². The first kappa shape index (κ1) is 13.2. The summed E-state index contributed by atoms with van der Waals surface area (Å²) in [5, 5.41) is 0.101. The first-order chi connectivity index (χ1) is 7.46. The van der Waals surface area contributed by atoms with Crippen molar-refractivity contribution in [2.75, 3.05) is 6.54 Å². The van der Waals surface area contributed by atoms with E-state index in [-0.39, 0.29) is 17.1 Å². The molecule has 0 aliphatic carbocycles. The van der Waals surface area contributed by atoms with Gasteiger partial charge in [0, 0.05) is 17.1 Å². The van der Waals surface area contributed by atoms with Gasteiger partial charge in [0.05, 0.1) is 5.75 Å². The molecule has 0 aromatic heterocycles. The Bertz CT molecular complexity index is 467. The van der Waals surface area contributed by atoms with Crippen LogP contribution in [-0.4, -0.2) is 15.0 Å². The minimum atomic E-state index is -3.59. The van der Waals surface area contributed by atoms with Crippen LogP contribution in [0, 0.1) is 5.82 Å². The summed E-state index contributed by atoms with van der Waals surface area (Å²) in [6.45, 7) is 3.48. The van der Waals surface area contributed by atoms with Gasteiger partial charge < -0.3 is 0 Å². The fourth-order valence-corrected chi connectivity index (χ4v) is 2.55. The molecule has 0 spiro atoms. The zero-order chi connectivity index (χ0) is 12.2. The van der Waals surface area contributed by atoms with Gasteiger partial charge in [0.2, 0.25) is 10.0 Å². The summed E-state index contributed by atoms with van der Waals surface area (Å²) in [6.07, 6.45) is 1.40. The monoisotopic (exact) mass is 263 g/mol. The van der Waals surface area contributed by atoms with Crippen LogP contribution in [0.1, 0.15) is 5.56 Å². The fraction of sp³-hybridized carbons (Fsp3) is 0.200. The van der Waals surface area contributed by atoms with Crippen LogP contribution in [0.4, 0.5) is 4.39 Å². The van der Waals surface area contributed by atoms with Gasteiger partial charge in [-0.25, -0.2) is 17.5 Å². The second-order valence-electron chi connectivity index (χ2n) is 3.10. The van der Waals surface area contributed by atoms with E-state index in [1.165, 1.54) is 24.3 Å². The summed E-state index contributed by atoms with van der Waals surface area (Å²) in [6, 6.07) is 4.04. The number of sulfonamides is 1. The van der Waals surface area contributed by atoms with Gasteiger partial charge in [0.15, 0.2) is 0 Å². The summed E-state index contributed by atoms with van der Waals surface area (Å²) in [5.74, 6) is -1.11. The Kier molecular flexibility index (Phi) is 4.46. The topological polar surface area (TPSA) is 46.2 Å². The zero-order valence-electron chi connectivity index (χ0n) is 8.41. The summed E-state index contributed by atoms with van der Waals surface area (Å²) >= 11 is 5.72. The molecule has 0 aliphatic heterocycles. The van der Waals surface area contributed by atoms with Crippen LogP contribution in [0.2, 0.25) is 5.02 Å². The molecule has 0 saturated carbocycles. The molecular formula is C10H11ClFNO2S. The van der Waals surface area contributed by atoms with Crippen molar-refractivity contribution in [3.8, 4) is 0 Å². The van der Waals surface area contributed by atoms with E-state index in [2.05, 4.69) is 11.3 Å². The van der Waals surface area contributed by atoms with Gasteiger partial charge in [-0.1, -0.05) is 23.7 Å². The summed E-state index contributed by atoms with van der Waals surface area (Å²) in [4.78, 5) is 0. The molecule has 0 aliphatic rings. The van der Waals surface area contributed by atoms with Crippen molar-refractivity contribution in [3.05, 3.63) is 47.3 Å². The van der Waals surface area contributed by atoms with Crippen molar-refractivity contribution >= 4 is 21.6 Å². The lowest BCUT2D eigenvalue weighted by Crippen LogP contribution is -2.25. The molecule has 0 bridgehead atoms. The average Bonchev–Trinajstić information content (AvgIpc) is 2.21. The molecule has 0 saturated heterocycles. The van der Waals surface area contributed by atoms with E-state index in [1.54, 1.807) is 0 Å². The third kappa shape index (κ3) is 3.59. The second kappa shape index (κ2) is 5.43. The minimum Gasteiger partial charge on any atom is -0.212 e. The molecule has 0 radical (unpaired) electrons. The second-order valence-corrected chi connectivity index (χ2v) is 5.31. The smallest absolute Gasteiger partial charge is 0.212 e. The molecule has 88 valence electrons. The van der Waals surface area contributed by atoms with E-state index in [1.807, 2.05) is 0 Å². The van der Waals surface area contributed by atoms with Gasteiger partial charge in [0.1, 0.15) is 5.82 Å². The maximum atomic E-state index is 13.3. The van der Waals surface area contributed by atoms with Crippen LogP contribution in [0.3, 0.4) is 0 Å². The lowest BCUT2D eigenvalue weighted by Gasteiger charge is -2.07. The Labute approximate surface area is 99.0 Å². The highest BCUT2D eigenvalue weighted by Gasteiger charge is 2.16. The van der Waals surface area contributed by atoms with Gasteiger partial charge in [-0.05, 0) is 12.1 Å². The average molecular weight is 264 g/mol. The molecule has 1 rings (SSSR count). The number of hydrogen-bond donors (Lipinski definition) is 1. The standard InChI is InChI=1S/C10H11ClFNO2S/c1-2-6-13-16(14,15)7-8-9(11)4-3-5-10(8)12/h2-5,13H,1,6-7H2. The number of hydrogen-bond acceptors (Lipinski definition) is 2. The molecule has 0 amide bonds. The largest absolute Gasteiger partial charge is 0.216 e. The first-order valence-electron chi connectivity index (χ1n) is 4.47. The van der Waals surface area contributed by atoms with Crippen molar-refractivity contribution in [1.82, 2.24) is 4.72 Å². The maximum absolute atomic E-state index is 13.3. The highest BCUT2D eigenvalue weighted by molar-refractivity contribution is 7.88. The van der Waals surface area contributed by atoms with Gasteiger partial charge in [-0.3, -0.25) is 0 Å². The van der Waals surface area contributed by atoms with Crippen LogP contribution >= 0.6 is 11.6 Å². The van der Waals surface area contributed by atoms with E-state index in [0.29, 0.717) is 0 Å². The van der Waals surface area contributed by atoms with Crippen LogP contribution in [0.15, 0.2) is 30.9 Å². The predicted molar refractivity (Wildman–Crippen MR) is 62.2 cm³/mol. The third-order valence-electron chi connectivity index (χ3n) is 1.84. The Morgan fingerprint density at radius 3 is 2.75 bits per heavy atom. The zero-order valence-corrected chi connectivity index (χ0v) is 9.98. The van der Waals surface area contributed by atoms with Crippen LogP contribution in [0.5, 0.6) is 0 Å². The SMILES string of the molecule is C=CCNS(=O)(=O)Cc1c(F)cccc1Cl. The highest BCUT2D eigenvalue weighted by Crippen LogP contribution is 2.20. The Balaban J connectivity index is 2.92. The quantitative estimate of drug-likeness (QED) is 0.827. The Hall–Kier alpha value is -0.910. The minimum absolute atomic E-state index is 0.0271. The number of rotatable bonds is 5. The lowest BCUT2D eigenvalue weighted by molar-refractivity contribution is 0.578. The van der Waals surface area contributed by atoms with Gasteiger partial charge >= 0.3 is 0 Å². The van der Waals surface area contributed by atoms with Crippen LogP contribution in [0.25, 0.3) is 0 Å². The van der Waals surface area contributed by atoms with Gasteiger partial charge in [-0.15, -0.1) is 6.58 Å². The summed E-state index contributed by atoms with van der Waals surface area (Å²) in [5.41, 5.74) is -0.0271. The molecule has 0 atom stereocenters. The number of halogens is 2. The normalized spacial score (nSPS) is 11.4. The number of benzene rings is 1. The van der Waals surface area contributed by atoms with Crippen molar-refractivity contribution in [3.63, 3.8) is 0 Å². The molecule has 1 aromatic carbocycles. The fourth-order valence-electron chi connectivity index (χ4n) is 1.10. The van der Waals surface area contributed by atoms with E-state index in [4.69, 9.17) is 11.6 Å². The Morgan fingerprint density at radius 2 is 2.19 bits per heavy atom. The maximum Gasteiger partial charge on any atom is 0.216 e. The highest BCUT2D eigenvalue weighted by atomic mass is 35.5. The first-order valence-corrected chi connectivity index (χ1v) is 6.50. The third-order valence-corrected chi connectivity index (χ3v) is 3.47. The Morgan fingerprint density at radius 1 is 1.50 bits per heavy atom. The molecule has 3 nitrogen and oxygen atoms in total. The molecule has 1 N–H and O–H groups in total. The van der Waals surface area contributed by atoms with Crippen molar-refractivity contribution in [2.24, 2.45) is 0 Å². The van der Waals surface area contributed by atoms with Crippen molar-refractivity contribution in [2.45, 2.75) is 5.75 Å². The lowest BCUT2D eigenvalue weighted by atomic mass is 10.2. The molecule has 1 aromatic rings. The molecule has 6 heteroatoms.